The lowest BCUT2D eigenvalue weighted by Crippen LogP contribution is -1.96. The van der Waals surface area contributed by atoms with Crippen LogP contribution in [0.4, 0.5) is 0 Å². The normalized spacial score (nSPS) is 12.5. The Morgan fingerprint density at radius 1 is 1.04 bits per heavy atom. The van der Waals surface area contributed by atoms with E-state index in [1.807, 2.05) is 72.8 Å². The highest BCUT2D eigenvalue weighted by atomic mass is 35.5. The molecule has 1 aliphatic heterocycles. The molecule has 0 unspecified atom stereocenters. The molecule has 0 bridgehead atoms. The highest BCUT2D eigenvalue weighted by molar-refractivity contribution is 6.31. The van der Waals surface area contributed by atoms with Crippen LogP contribution in [0.5, 0.6) is 17.2 Å². The fourth-order valence-corrected chi connectivity index (χ4v) is 3.07. The van der Waals surface area contributed by atoms with Gasteiger partial charge in [-0.1, -0.05) is 41.9 Å². The molecule has 1 heterocycles. The first-order valence-electron chi connectivity index (χ1n) is 8.71. The summed E-state index contributed by atoms with van der Waals surface area (Å²) in [7, 11) is 0. The van der Waals surface area contributed by atoms with Gasteiger partial charge < -0.3 is 14.2 Å². The number of hydrogen-bond donors (Lipinski definition) is 0. The Morgan fingerprint density at radius 2 is 1.89 bits per heavy atom. The van der Waals surface area contributed by atoms with Gasteiger partial charge in [-0.05, 0) is 53.6 Å². The van der Waals surface area contributed by atoms with Gasteiger partial charge in [0.2, 0.25) is 6.79 Å². The van der Waals surface area contributed by atoms with E-state index in [4.69, 9.17) is 25.8 Å². The van der Waals surface area contributed by atoms with Crippen molar-refractivity contribution in [3.8, 4) is 23.3 Å². The summed E-state index contributed by atoms with van der Waals surface area (Å²) in [6.07, 6.45) is 1.82. The third-order valence-corrected chi connectivity index (χ3v) is 4.69. The summed E-state index contributed by atoms with van der Waals surface area (Å²) >= 11 is 6.17. The Labute approximate surface area is 168 Å². The van der Waals surface area contributed by atoms with E-state index in [0.717, 1.165) is 16.7 Å². The van der Waals surface area contributed by atoms with Crippen molar-refractivity contribution in [1.29, 1.82) is 5.26 Å². The zero-order chi connectivity index (χ0) is 19.3. The summed E-state index contributed by atoms with van der Waals surface area (Å²) in [5.74, 6) is 2.04. The van der Waals surface area contributed by atoms with Crippen LogP contribution in [0.15, 0.2) is 66.7 Å². The van der Waals surface area contributed by atoms with Gasteiger partial charge in [0.25, 0.3) is 0 Å². The van der Waals surface area contributed by atoms with Crippen molar-refractivity contribution in [3.63, 3.8) is 0 Å². The number of allylic oxidation sites excluding steroid dienone is 1. The minimum absolute atomic E-state index is 0.204. The number of halogens is 1. The number of hydrogen-bond acceptors (Lipinski definition) is 4. The van der Waals surface area contributed by atoms with E-state index < -0.39 is 0 Å². The van der Waals surface area contributed by atoms with E-state index >= 15 is 0 Å². The number of ether oxygens (including phenoxy) is 3. The van der Waals surface area contributed by atoms with Crippen molar-refractivity contribution in [2.45, 2.75) is 6.61 Å². The molecule has 0 saturated heterocycles. The highest BCUT2D eigenvalue weighted by Crippen LogP contribution is 2.35. The maximum absolute atomic E-state index is 9.60. The molecule has 0 amide bonds. The average Bonchev–Trinajstić information content (AvgIpc) is 3.19. The zero-order valence-electron chi connectivity index (χ0n) is 14.9. The lowest BCUT2D eigenvalue weighted by atomic mass is 10.0. The average molecular weight is 390 g/mol. The largest absolute Gasteiger partial charge is 0.489 e. The molecule has 3 aromatic rings. The van der Waals surface area contributed by atoms with Crippen molar-refractivity contribution in [2.75, 3.05) is 6.79 Å². The van der Waals surface area contributed by atoms with E-state index in [9.17, 15) is 5.26 Å². The number of nitriles is 1. The molecule has 0 aromatic heterocycles. The van der Waals surface area contributed by atoms with Gasteiger partial charge in [-0.25, -0.2) is 0 Å². The van der Waals surface area contributed by atoms with Gasteiger partial charge in [-0.2, -0.15) is 5.26 Å². The minimum Gasteiger partial charge on any atom is -0.489 e. The molecule has 1 aliphatic rings. The van der Waals surface area contributed by atoms with Crippen LogP contribution in [0.25, 0.3) is 11.6 Å². The molecule has 138 valence electrons. The van der Waals surface area contributed by atoms with E-state index in [1.54, 1.807) is 0 Å². The van der Waals surface area contributed by atoms with Gasteiger partial charge in [0.1, 0.15) is 12.4 Å². The Bertz CT molecular complexity index is 1090. The Balaban J connectivity index is 1.54. The molecule has 5 heteroatoms. The third kappa shape index (κ3) is 3.95. The van der Waals surface area contributed by atoms with Gasteiger partial charge in [0.15, 0.2) is 11.5 Å². The maximum atomic E-state index is 9.60. The molecule has 0 N–H and O–H groups in total. The molecule has 0 saturated carbocycles. The van der Waals surface area contributed by atoms with Gasteiger partial charge in [0, 0.05) is 10.6 Å². The quantitative estimate of drug-likeness (QED) is 0.414. The molecule has 0 aliphatic carbocycles. The topological polar surface area (TPSA) is 51.5 Å². The second-order valence-corrected chi connectivity index (χ2v) is 6.60. The molecule has 4 nitrogen and oxygen atoms in total. The Hall–Kier alpha value is -3.42. The summed E-state index contributed by atoms with van der Waals surface area (Å²) in [6.45, 7) is 0.579. The number of benzene rings is 3. The van der Waals surface area contributed by atoms with Crippen molar-refractivity contribution >= 4 is 23.3 Å². The second-order valence-electron chi connectivity index (χ2n) is 6.19. The lowest BCUT2D eigenvalue weighted by molar-refractivity contribution is 0.174. The summed E-state index contributed by atoms with van der Waals surface area (Å²) in [5.41, 5.74) is 3.09. The minimum atomic E-state index is 0.204. The standard InChI is InChI=1S/C23H16ClNO3/c24-21-7-2-1-5-18(21)14-26-20-6-3-4-16(11-20)10-19(13-25)17-8-9-22-23(12-17)28-15-27-22/h1-12H,14-15H2/b19-10-. The molecule has 0 spiro atoms. The lowest BCUT2D eigenvalue weighted by Gasteiger charge is -2.08. The fraction of sp³-hybridized carbons (Fsp3) is 0.0870. The predicted octanol–water partition coefficient (Wildman–Crippen LogP) is 5.71. The first kappa shape index (κ1) is 18.0. The van der Waals surface area contributed by atoms with Gasteiger partial charge in [-0.3, -0.25) is 0 Å². The molecule has 0 radical (unpaired) electrons. The first-order chi connectivity index (χ1) is 13.7. The van der Waals surface area contributed by atoms with E-state index in [1.165, 1.54) is 0 Å². The van der Waals surface area contributed by atoms with Gasteiger partial charge in [-0.15, -0.1) is 0 Å². The van der Waals surface area contributed by atoms with Crippen molar-refractivity contribution < 1.29 is 14.2 Å². The number of fused-ring (bicyclic) bond motifs is 1. The first-order valence-corrected chi connectivity index (χ1v) is 9.09. The molecule has 4 rings (SSSR count). The van der Waals surface area contributed by atoms with Crippen LogP contribution in [-0.4, -0.2) is 6.79 Å². The van der Waals surface area contributed by atoms with Crippen LogP contribution in [0.1, 0.15) is 16.7 Å². The third-order valence-electron chi connectivity index (χ3n) is 4.33. The Morgan fingerprint density at radius 3 is 2.75 bits per heavy atom. The molecule has 0 fully saturated rings. The fourth-order valence-electron chi connectivity index (χ4n) is 2.88. The molecule has 28 heavy (non-hydrogen) atoms. The van der Waals surface area contributed by atoms with E-state index in [0.29, 0.717) is 34.5 Å². The smallest absolute Gasteiger partial charge is 0.231 e. The Kier molecular flexibility index (Phi) is 5.18. The summed E-state index contributed by atoms with van der Waals surface area (Å²) < 4.78 is 16.6. The summed E-state index contributed by atoms with van der Waals surface area (Å²) in [6, 6.07) is 22.9. The molecule has 0 atom stereocenters. The maximum Gasteiger partial charge on any atom is 0.231 e. The van der Waals surface area contributed by atoms with Crippen LogP contribution in [-0.2, 0) is 6.61 Å². The van der Waals surface area contributed by atoms with Crippen molar-refractivity contribution in [3.05, 3.63) is 88.4 Å². The summed E-state index contributed by atoms with van der Waals surface area (Å²) in [4.78, 5) is 0. The van der Waals surface area contributed by atoms with E-state index in [-0.39, 0.29) is 6.79 Å². The van der Waals surface area contributed by atoms with Crippen LogP contribution >= 0.6 is 11.6 Å². The van der Waals surface area contributed by atoms with Crippen LogP contribution in [0, 0.1) is 11.3 Å². The van der Waals surface area contributed by atoms with Crippen LogP contribution in [0.2, 0.25) is 5.02 Å². The van der Waals surface area contributed by atoms with Crippen molar-refractivity contribution in [1.82, 2.24) is 0 Å². The highest BCUT2D eigenvalue weighted by Gasteiger charge is 2.14. The molecule has 3 aromatic carbocycles. The van der Waals surface area contributed by atoms with E-state index in [2.05, 4.69) is 6.07 Å². The van der Waals surface area contributed by atoms with Gasteiger partial charge in [0.05, 0.1) is 11.6 Å². The van der Waals surface area contributed by atoms with Crippen LogP contribution in [0.3, 0.4) is 0 Å². The number of rotatable bonds is 5. The SMILES string of the molecule is N#C/C(=C/c1cccc(OCc2ccccc2Cl)c1)c1ccc2c(c1)OCO2. The second kappa shape index (κ2) is 8.08. The van der Waals surface area contributed by atoms with Crippen molar-refractivity contribution in [2.24, 2.45) is 0 Å². The molecular weight excluding hydrogens is 374 g/mol. The summed E-state index contributed by atoms with van der Waals surface area (Å²) in [5, 5.41) is 10.3. The zero-order valence-corrected chi connectivity index (χ0v) is 15.6. The monoisotopic (exact) mass is 389 g/mol. The van der Waals surface area contributed by atoms with Crippen LogP contribution < -0.4 is 14.2 Å². The van der Waals surface area contributed by atoms with Gasteiger partial charge >= 0.3 is 0 Å². The number of nitrogens with zero attached hydrogens (tertiary/aromatic N) is 1. The predicted molar refractivity (Wildman–Crippen MR) is 108 cm³/mol. The molecular formula is C23H16ClNO3.